The number of hydrogen-bond donors (Lipinski definition) is 0. The maximum atomic E-state index is 5.80. The second-order valence-electron chi connectivity index (χ2n) is 3.66. The van der Waals surface area contributed by atoms with Crippen LogP contribution in [0.5, 0.6) is 0 Å². The van der Waals surface area contributed by atoms with Crippen molar-refractivity contribution in [1.82, 2.24) is 9.97 Å². The third-order valence-corrected chi connectivity index (χ3v) is 3.52. The third-order valence-electron chi connectivity index (χ3n) is 2.74. The highest BCUT2D eigenvalue weighted by Crippen LogP contribution is 2.30. The lowest BCUT2D eigenvalue weighted by atomic mass is 10.2. The highest BCUT2D eigenvalue weighted by molar-refractivity contribution is 9.10. The monoisotopic (exact) mass is 289 g/mol. The minimum atomic E-state index is 0.536. The summed E-state index contributed by atoms with van der Waals surface area (Å²) in [5.74, 6) is 1.71. The van der Waals surface area contributed by atoms with Crippen molar-refractivity contribution in [3.8, 4) is 0 Å². The molecule has 0 aliphatic carbocycles. The van der Waals surface area contributed by atoms with Crippen LogP contribution >= 0.6 is 27.5 Å². The van der Waals surface area contributed by atoms with Crippen LogP contribution in [0, 0.1) is 0 Å². The third kappa shape index (κ3) is 2.42. The predicted octanol–water partition coefficient (Wildman–Crippen LogP) is 2.84. The minimum Gasteiger partial charge on any atom is -0.353 e. The average molecular weight is 291 g/mol. The van der Waals surface area contributed by atoms with Crippen molar-refractivity contribution in [3.63, 3.8) is 0 Å². The molecule has 0 aromatic carbocycles. The molecule has 1 fully saturated rings. The van der Waals surface area contributed by atoms with Crippen molar-refractivity contribution in [2.75, 3.05) is 17.3 Å². The molecule has 1 aliphatic heterocycles. The van der Waals surface area contributed by atoms with Crippen LogP contribution in [0.4, 0.5) is 5.82 Å². The van der Waals surface area contributed by atoms with Crippen molar-refractivity contribution < 1.29 is 0 Å². The zero-order chi connectivity index (χ0) is 10.7. The molecule has 0 amide bonds. The molecule has 0 N–H and O–H groups in total. The van der Waals surface area contributed by atoms with Gasteiger partial charge in [-0.05, 0) is 35.2 Å². The van der Waals surface area contributed by atoms with Crippen LogP contribution in [0.25, 0.3) is 0 Å². The normalized spacial score (nSPS) is 20.9. The molecule has 82 valence electrons. The fraction of sp³-hybridized carbons (Fsp3) is 0.600. The molecule has 5 heteroatoms. The molecule has 1 saturated heterocycles. The van der Waals surface area contributed by atoms with Crippen LogP contribution in [0.15, 0.2) is 17.0 Å². The van der Waals surface area contributed by atoms with Gasteiger partial charge in [-0.2, -0.15) is 0 Å². The van der Waals surface area contributed by atoms with Gasteiger partial charge in [-0.25, -0.2) is 9.97 Å². The molecule has 3 nitrogen and oxygen atoms in total. The number of alkyl halides is 1. The van der Waals surface area contributed by atoms with E-state index in [-0.39, 0.29) is 0 Å². The molecule has 0 radical (unpaired) electrons. The second kappa shape index (κ2) is 5.12. The van der Waals surface area contributed by atoms with Gasteiger partial charge >= 0.3 is 0 Å². The van der Waals surface area contributed by atoms with E-state index in [4.69, 9.17) is 11.6 Å². The molecule has 1 atom stereocenters. The van der Waals surface area contributed by atoms with Crippen LogP contribution in [-0.4, -0.2) is 28.4 Å². The molecule has 0 bridgehead atoms. The number of rotatable bonds is 3. The van der Waals surface area contributed by atoms with Gasteiger partial charge in [-0.15, -0.1) is 11.6 Å². The van der Waals surface area contributed by atoms with Crippen molar-refractivity contribution in [1.29, 1.82) is 0 Å². The molecule has 0 spiro atoms. The highest BCUT2D eigenvalue weighted by atomic mass is 79.9. The molecule has 2 heterocycles. The number of halogens is 2. The van der Waals surface area contributed by atoms with E-state index in [2.05, 4.69) is 30.8 Å². The van der Waals surface area contributed by atoms with E-state index >= 15 is 0 Å². The predicted molar refractivity (Wildman–Crippen MR) is 65.4 cm³/mol. The number of anilines is 1. The van der Waals surface area contributed by atoms with Gasteiger partial charge in [0.05, 0.1) is 4.47 Å². The summed E-state index contributed by atoms with van der Waals surface area (Å²) in [6.45, 7) is 1.07. The SMILES string of the molecule is ClCCC1CCCN1c1ncncc1Br. The van der Waals surface area contributed by atoms with E-state index in [0.29, 0.717) is 11.9 Å². The Hall–Kier alpha value is -0.350. The van der Waals surface area contributed by atoms with Crippen LogP contribution in [0.2, 0.25) is 0 Å². The summed E-state index contributed by atoms with van der Waals surface area (Å²) in [5.41, 5.74) is 0. The summed E-state index contributed by atoms with van der Waals surface area (Å²) in [6, 6.07) is 0.536. The van der Waals surface area contributed by atoms with Crippen LogP contribution in [0.1, 0.15) is 19.3 Å². The van der Waals surface area contributed by atoms with Crippen molar-refractivity contribution in [2.45, 2.75) is 25.3 Å². The lowest BCUT2D eigenvalue weighted by Gasteiger charge is -2.25. The number of hydrogen-bond acceptors (Lipinski definition) is 3. The van der Waals surface area contributed by atoms with Crippen LogP contribution in [-0.2, 0) is 0 Å². The zero-order valence-electron chi connectivity index (χ0n) is 8.37. The Balaban J connectivity index is 2.19. The Morgan fingerprint density at radius 2 is 2.47 bits per heavy atom. The summed E-state index contributed by atoms with van der Waals surface area (Å²) >= 11 is 9.29. The molecule has 1 aromatic rings. The first kappa shape index (κ1) is 11.1. The molecule has 1 aromatic heterocycles. The van der Waals surface area contributed by atoms with Gasteiger partial charge in [-0.3, -0.25) is 0 Å². The Morgan fingerprint density at radius 1 is 1.60 bits per heavy atom. The fourth-order valence-electron chi connectivity index (χ4n) is 2.06. The summed E-state index contributed by atoms with van der Waals surface area (Å²) in [5, 5.41) is 0. The first-order valence-corrected chi connectivity index (χ1v) is 6.44. The Bertz CT molecular complexity index is 334. The smallest absolute Gasteiger partial charge is 0.146 e. The molecular formula is C10H13BrClN3. The lowest BCUT2D eigenvalue weighted by molar-refractivity contribution is 0.642. The molecule has 2 rings (SSSR count). The van der Waals surface area contributed by atoms with Crippen molar-refractivity contribution in [2.24, 2.45) is 0 Å². The maximum Gasteiger partial charge on any atom is 0.146 e. The number of aromatic nitrogens is 2. The summed E-state index contributed by atoms with van der Waals surface area (Å²) < 4.78 is 0.964. The molecule has 0 saturated carbocycles. The van der Waals surface area contributed by atoms with Gasteiger partial charge < -0.3 is 4.90 Å². The summed E-state index contributed by atoms with van der Waals surface area (Å²) in [7, 11) is 0. The van der Waals surface area contributed by atoms with E-state index in [0.717, 1.165) is 23.3 Å². The zero-order valence-corrected chi connectivity index (χ0v) is 10.7. The van der Waals surface area contributed by atoms with Gasteiger partial charge in [0.2, 0.25) is 0 Å². The Labute approximate surface area is 103 Å². The van der Waals surface area contributed by atoms with Gasteiger partial charge in [0.1, 0.15) is 12.1 Å². The van der Waals surface area contributed by atoms with Gasteiger partial charge in [-0.1, -0.05) is 0 Å². The van der Waals surface area contributed by atoms with Crippen molar-refractivity contribution in [3.05, 3.63) is 17.0 Å². The van der Waals surface area contributed by atoms with E-state index in [1.54, 1.807) is 12.5 Å². The minimum absolute atomic E-state index is 0.536. The summed E-state index contributed by atoms with van der Waals surface area (Å²) in [4.78, 5) is 10.6. The van der Waals surface area contributed by atoms with Gasteiger partial charge in [0.25, 0.3) is 0 Å². The van der Waals surface area contributed by atoms with Gasteiger partial charge in [0, 0.05) is 24.7 Å². The molecule has 1 aliphatic rings. The topological polar surface area (TPSA) is 29.0 Å². The first-order chi connectivity index (χ1) is 7.33. The van der Waals surface area contributed by atoms with E-state index < -0.39 is 0 Å². The molecular weight excluding hydrogens is 277 g/mol. The van der Waals surface area contributed by atoms with E-state index in [1.807, 2.05) is 0 Å². The number of nitrogens with zero attached hydrogens (tertiary/aromatic N) is 3. The lowest BCUT2D eigenvalue weighted by Crippen LogP contribution is -2.30. The Morgan fingerprint density at radius 3 is 3.20 bits per heavy atom. The van der Waals surface area contributed by atoms with E-state index in [9.17, 15) is 0 Å². The molecule has 15 heavy (non-hydrogen) atoms. The maximum absolute atomic E-state index is 5.80. The highest BCUT2D eigenvalue weighted by Gasteiger charge is 2.26. The second-order valence-corrected chi connectivity index (χ2v) is 4.89. The standard InChI is InChI=1S/C10H13BrClN3/c11-9-6-13-7-14-10(9)15-5-1-2-8(15)3-4-12/h6-8H,1-5H2. The first-order valence-electron chi connectivity index (χ1n) is 5.11. The van der Waals surface area contributed by atoms with Crippen molar-refractivity contribution >= 4 is 33.3 Å². The Kier molecular flexibility index (Phi) is 3.81. The fourth-order valence-corrected chi connectivity index (χ4v) is 2.76. The average Bonchev–Trinajstić information content (AvgIpc) is 2.67. The van der Waals surface area contributed by atoms with Crippen LogP contribution < -0.4 is 4.90 Å². The summed E-state index contributed by atoms with van der Waals surface area (Å²) in [6.07, 6.45) is 6.84. The van der Waals surface area contributed by atoms with Gasteiger partial charge in [0.15, 0.2) is 0 Å². The largest absolute Gasteiger partial charge is 0.353 e. The van der Waals surface area contributed by atoms with E-state index in [1.165, 1.54) is 12.8 Å². The van der Waals surface area contributed by atoms with Crippen LogP contribution in [0.3, 0.4) is 0 Å². The quantitative estimate of drug-likeness (QED) is 0.802. The molecule has 1 unspecified atom stereocenters.